The summed E-state index contributed by atoms with van der Waals surface area (Å²) in [5.41, 5.74) is 2.68. The van der Waals surface area contributed by atoms with Gasteiger partial charge in [0, 0.05) is 30.2 Å². The van der Waals surface area contributed by atoms with Crippen molar-refractivity contribution in [3.05, 3.63) is 90.8 Å². The number of amides is 1. The third-order valence-corrected chi connectivity index (χ3v) is 7.81. The predicted octanol–water partition coefficient (Wildman–Crippen LogP) is 5.09. The monoisotopic (exact) mass is 556 g/mol. The molecule has 0 aliphatic rings. The summed E-state index contributed by atoms with van der Waals surface area (Å²) in [4.78, 5) is 24.9. The quantitative estimate of drug-likeness (QED) is 0.293. The molecule has 0 unspecified atom stereocenters. The van der Waals surface area contributed by atoms with Crippen molar-refractivity contribution in [2.24, 2.45) is 0 Å². The largest absolute Gasteiger partial charge is 0.456 e. The van der Waals surface area contributed by atoms with Crippen molar-refractivity contribution in [1.29, 1.82) is 0 Å². The molecular formula is C29H28N6O4S. The lowest BCUT2D eigenvalue weighted by molar-refractivity contribution is -0.115. The number of carbonyl (C=O) groups excluding carboxylic acids is 1. The van der Waals surface area contributed by atoms with Crippen molar-refractivity contribution in [2.45, 2.75) is 49.6 Å². The lowest BCUT2D eigenvalue weighted by atomic mass is 10.1. The van der Waals surface area contributed by atoms with Gasteiger partial charge >= 0.3 is 0 Å². The Morgan fingerprint density at radius 3 is 2.50 bits per heavy atom. The summed E-state index contributed by atoms with van der Waals surface area (Å²) in [6.07, 6.45) is 9.19. The molecule has 204 valence electrons. The number of fused-ring (bicyclic) bond motifs is 1. The molecule has 0 radical (unpaired) electrons. The molecule has 3 aromatic heterocycles. The summed E-state index contributed by atoms with van der Waals surface area (Å²) in [7, 11) is -3.87. The lowest BCUT2D eigenvalue weighted by Crippen LogP contribution is -2.22. The summed E-state index contributed by atoms with van der Waals surface area (Å²) < 4.78 is 34.2. The molecule has 0 bridgehead atoms. The van der Waals surface area contributed by atoms with Crippen LogP contribution in [0.2, 0.25) is 0 Å². The number of nitrogens with one attached hydrogen (secondary N) is 1. The van der Waals surface area contributed by atoms with Gasteiger partial charge < -0.3 is 10.1 Å². The number of aromatic nitrogens is 5. The zero-order valence-electron chi connectivity index (χ0n) is 22.5. The van der Waals surface area contributed by atoms with Crippen LogP contribution in [0.5, 0.6) is 11.5 Å². The average molecular weight is 557 g/mol. The van der Waals surface area contributed by atoms with E-state index in [1.54, 1.807) is 35.3 Å². The molecule has 1 amide bonds. The fourth-order valence-corrected chi connectivity index (χ4v) is 5.26. The van der Waals surface area contributed by atoms with Crippen LogP contribution in [-0.2, 0) is 26.6 Å². The zero-order valence-corrected chi connectivity index (χ0v) is 23.3. The Kier molecular flexibility index (Phi) is 7.07. The minimum absolute atomic E-state index is 0.0597. The number of sulfone groups is 1. The Hall–Kier alpha value is -4.64. The molecular weight excluding hydrogens is 528 g/mol. The third kappa shape index (κ3) is 5.69. The van der Waals surface area contributed by atoms with Crippen LogP contribution in [0.15, 0.2) is 89.6 Å². The smallest absolute Gasteiger partial charge is 0.228 e. The molecule has 0 spiro atoms. The van der Waals surface area contributed by atoms with Gasteiger partial charge in [-0.05, 0) is 69.2 Å². The van der Waals surface area contributed by atoms with Crippen LogP contribution >= 0.6 is 0 Å². The molecule has 0 aliphatic heterocycles. The van der Waals surface area contributed by atoms with Gasteiger partial charge in [0.15, 0.2) is 5.03 Å². The summed E-state index contributed by atoms with van der Waals surface area (Å²) >= 11 is 0. The van der Waals surface area contributed by atoms with E-state index in [4.69, 9.17) is 4.74 Å². The molecule has 2 aromatic carbocycles. The number of pyridine rings is 1. The standard InChI is InChI=1S/C29H28N6O4S/c1-19-13-20(14-27(36)34-21-16-33-35(18-21)29(2,3)4)5-8-25(19)39-26-9-10-31-24-7-6-22(15-23(24)26)40(37,38)28-17-30-11-12-32-28/h5-13,15-18H,14H2,1-4H3,(H,34,36). The number of aryl methyl sites for hydroxylation is 1. The maximum atomic E-state index is 13.1. The number of hydrogen-bond donors (Lipinski definition) is 1. The number of ether oxygens (including phenoxy) is 1. The number of rotatable bonds is 7. The Morgan fingerprint density at radius 1 is 0.975 bits per heavy atom. The van der Waals surface area contributed by atoms with Crippen LogP contribution in [0, 0.1) is 6.92 Å². The molecule has 5 aromatic rings. The maximum Gasteiger partial charge on any atom is 0.228 e. The molecule has 10 nitrogen and oxygen atoms in total. The normalized spacial score (nSPS) is 11.9. The SMILES string of the molecule is Cc1cc(CC(=O)Nc2cnn(C(C)(C)C)c2)ccc1Oc1ccnc2ccc(S(=O)(=O)c3cnccn3)cc12. The highest BCUT2D eigenvalue weighted by Gasteiger charge is 2.21. The molecule has 0 aliphatic carbocycles. The van der Waals surface area contributed by atoms with Gasteiger partial charge in [0.25, 0.3) is 0 Å². The minimum atomic E-state index is -3.87. The second-order valence-corrected chi connectivity index (χ2v) is 12.2. The van der Waals surface area contributed by atoms with E-state index in [0.717, 1.165) is 11.1 Å². The summed E-state index contributed by atoms with van der Waals surface area (Å²) in [5.74, 6) is 0.870. The minimum Gasteiger partial charge on any atom is -0.456 e. The molecule has 11 heteroatoms. The topological polar surface area (TPSA) is 129 Å². The Balaban J connectivity index is 1.35. The van der Waals surface area contributed by atoms with Gasteiger partial charge in [-0.1, -0.05) is 12.1 Å². The Morgan fingerprint density at radius 2 is 1.80 bits per heavy atom. The summed E-state index contributed by atoms with van der Waals surface area (Å²) in [5, 5.41) is 7.59. The predicted molar refractivity (Wildman–Crippen MR) is 150 cm³/mol. The van der Waals surface area contributed by atoms with E-state index in [2.05, 4.69) is 25.4 Å². The lowest BCUT2D eigenvalue weighted by Gasteiger charge is -2.18. The van der Waals surface area contributed by atoms with Crippen molar-refractivity contribution in [3.63, 3.8) is 0 Å². The van der Waals surface area contributed by atoms with Gasteiger partial charge in [-0.25, -0.2) is 13.4 Å². The number of hydrogen-bond acceptors (Lipinski definition) is 8. The maximum absolute atomic E-state index is 13.1. The Bertz CT molecular complexity index is 1810. The fourth-order valence-electron chi connectivity index (χ4n) is 4.10. The molecule has 1 N–H and O–H groups in total. The molecule has 0 atom stereocenters. The van der Waals surface area contributed by atoms with Crippen molar-refractivity contribution in [2.75, 3.05) is 5.32 Å². The van der Waals surface area contributed by atoms with Gasteiger partial charge in [-0.2, -0.15) is 5.10 Å². The number of benzene rings is 2. The third-order valence-electron chi connectivity index (χ3n) is 6.18. The van der Waals surface area contributed by atoms with Gasteiger partial charge in [0.05, 0.1) is 40.5 Å². The second kappa shape index (κ2) is 10.5. The van der Waals surface area contributed by atoms with Crippen molar-refractivity contribution < 1.29 is 17.9 Å². The average Bonchev–Trinajstić information content (AvgIpc) is 3.39. The first-order valence-corrected chi connectivity index (χ1v) is 14.0. The van der Waals surface area contributed by atoms with E-state index in [1.807, 2.05) is 46.0 Å². The van der Waals surface area contributed by atoms with Gasteiger partial charge in [-0.15, -0.1) is 0 Å². The van der Waals surface area contributed by atoms with Crippen LogP contribution in [0.25, 0.3) is 10.9 Å². The highest BCUT2D eigenvalue weighted by molar-refractivity contribution is 7.91. The van der Waals surface area contributed by atoms with Crippen molar-refractivity contribution in [1.82, 2.24) is 24.7 Å². The van der Waals surface area contributed by atoms with Gasteiger partial charge in [0.1, 0.15) is 11.5 Å². The van der Waals surface area contributed by atoms with E-state index < -0.39 is 9.84 Å². The first-order chi connectivity index (χ1) is 19.0. The van der Waals surface area contributed by atoms with Crippen molar-refractivity contribution in [3.8, 4) is 11.5 Å². The molecule has 0 saturated carbocycles. The van der Waals surface area contributed by atoms with Crippen LogP contribution in [0.4, 0.5) is 5.69 Å². The fraction of sp³-hybridized carbons (Fsp3) is 0.207. The zero-order chi connectivity index (χ0) is 28.5. The molecule has 40 heavy (non-hydrogen) atoms. The van der Waals surface area contributed by atoms with E-state index in [0.29, 0.717) is 28.1 Å². The van der Waals surface area contributed by atoms with Crippen molar-refractivity contribution >= 4 is 32.3 Å². The van der Waals surface area contributed by atoms with Crippen LogP contribution < -0.4 is 10.1 Å². The van der Waals surface area contributed by atoms with Gasteiger partial charge in [-0.3, -0.25) is 19.4 Å². The van der Waals surface area contributed by atoms with Crippen LogP contribution in [0.1, 0.15) is 31.9 Å². The van der Waals surface area contributed by atoms with E-state index in [-0.39, 0.29) is 27.8 Å². The second-order valence-electron chi connectivity index (χ2n) is 10.3. The number of anilines is 1. The van der Waals surface area contributed by atoms with Crippen LogP contribution in [0.3, 0.4) is 0 Å². The first kappa shape index (κ1) is 26.9. The molecule has 3 heterocycles. The van der Waals surface area contributed by atoms with Crippen LogP contribution in [-0.4, -0.2) is 39.1 Å². The van der Waals surface area contributed by atoms with E-state index in [9.17, 15) is 13.2 Å². The molecule has 5 rings (SSSR count). The summed E-state index contributed by atoms with van der Waals surface area (Å²) in [6.45, 7) is 7.99. The Labute approximate surface area is 232 Å². The van der Waals surface area contributed by atoms with E-state index in [1.165, 1.54) is 30.7 Å². The first-order valence-electron chi connectivity index (χ1n) is 12.5. The van der Waals surface area contributed by atoms with E-state index >= 15 is 0 Å². The highest BCUT2D eigenvalue weighted by Crippen LogP contribution is 2.33. The molecule has 0 fully saturated rings. The summed E-state index contributed by atoms with van der Waals surface area (Å²) in [6, 6.07) is 11.8. The molecule has 0 saturated heterocycles. The highest BCUT2D eigenvalue weighted by atomic mass is 32.2. The number of nitrogens with zero attached hydrogens (tertiary/aromatic N) is 5. The van der Waals surface area contributed by atoms with Gasteiger partial charge in [0.2, 0.25) is 15.7 Å². The number of carbonyl (C=O) groups is 1.